The van der Waals surface area contributed by atoms with Gasteiger partial charge in [0.05, 0.1) is 23.4 Å². The Labute approximate surface area is 121 Å². The number of benzene rings is 1. The van der Waals surface area contributed by atoms with E-state index in [9.17, 15) is 9.90 Å². The molecule has 20 heavy (non-hydrogen) atoms. The Kier molecular flexibility index (Phi) is 3.58. The van der Waals surface area contributed by atoms with Crippen LogP contribution in [0.5, 0.6) is 0 Å². The van der Waals surface area contributed by atoms with Gasteiger partial charge in [-0.2, -0.15) is 0 Å². The lowest BCUT2D eigenvalue weighted by Gasteiger charge is -2.12. The van der Waals surface area contributed by atoms with Crippen molar-refractivity contribution in [3.8, 4) is 0 Å². The second-order valence-corrected chi connectivity index (χ2v) is 6.38. The average molecular weight is 291 g/mol. The maximum absolute atomic E-state index is 11.7. The van der Waals surface area contributed by atoms with Gasteiger partial charge >= 0.3 is 6.03 Å². The summed E-state index contributed by atoms with van der Waals surface area (Å²) in [4.78, 5) is 16.2. The molecule has 0 saturated heterocycles. The number of thiazole rings is 1. The first-order valence-corrected chi connectivity index (χ1v) is 7.49. The fourth-order valence-corrected chi connectivity index (χ4v) is 2.96. The molecule has 1 saturated carbocycles. The zero-order chi connectivity index (χ0) is 14.0. The standard InChI is InChI=1S/C14H17N3O2S/c18-9-14(5-6-14)8-16-13(19)15-7-12-17-10-3-1-2-4-11(10)20-12/h1-4,18H,5-9H2,(H2,15,16,19). The Morgan fingerprint density at radius 1 is 1.35 bits per heavy atom. The first-order valence-electron chi connectivity index (χ1n) is 6.68. The summed E-state index contributed by atoms with van der Waals surface area (Å²) in [5.74, 6) is 0. The number of carbonyl (C=O) groups excluding carboxylic acids is 1. The van der Waals surface area contributed by atoms with Crippen molar-refractivity contribution in [2.24, 2.45) is 5.41 Å². The number of amides is 2. The number of carbonyl (C=O) groups is 1. The minimum Gasteiger partial charge on any atom is -0.396 e. The largest absolute Gasteiger partial charge is 0.396 e. The maximum Gasteiger partial charge on any atom is 0.315 e. The van der Waals surface area contributed by atoms with Crippen LogP contribution in [0.3, 0.4) is 0 Å². The Bertz CT molecular complexity index is 589. The fourth-order valence-electron chi connectivity index (χ4n) is 2.05. The molecule has 1 heterocycles. The molecule has 0 radical (unpaired) electrons. The highest BCUT2D eigenvalue weighted by atomic mass is 32.1. The number of hydrogen-bond donors (Lipinski definition) is 3. The van der Waals surface area contributed by atoms with Crippen LogP contribution in [0.1, 0.15) is 17.8 Å². The van der Waals surface area contributed by atoms with Crippen molar-refractivity contribution >= 4 is 27.6 Å². The molecule has 0 unspecified atom stereocenters. The second-order valence-electron chi connectivity index (χ2n) is 5.27. The van der Waals surface area contributed by atoms with Crippen LogP contribution in [0, 0.1) is 5.41 Å². The van der Waals surface area contributed by atoms with Gasteiger partial charge in [0.15, 0.2) is 0 Å². The predicted molar refractivity (Wildman–Crippen MR) is 78.6 cm³/mol. The molecular weight excluding hydrogens is 274 g/mol. The number of hydrogen-bond acceptors (Lipinski definition) is 4. The lowest BCUT2D eigenvalue weighted by atomic mass is 10.1. The number of nitrogens with one attached hydrogen (secondary N) is 2. The van der Waals surface area contributed by atoms with E-state index in [0.717, 1.165) is 28.1 Å². The van der Waals surface area contributed by atoms with E-state index in [0.29, 0.717) is 13.1 Å². The molecule has 5 nitrogen and oxygen atoms in total. The third-order valence-corrected chi connectivity index (χ3v) is 4.69. The monoisotopic (exact) mass is 291 g/mol. The number of rotatable bonds is 5. The third kappa shape index (κ3) is 2.91. The summed E-state index contributed by atoms with van der Waals surface area (Å²) in [6.07, 6.45) is 1.98. The summed E-state index contributed by atoms with van der Waals surface area (Å²) in [6.45, 7) is 1.11. The van der Waals surface area contributed by atoms with Gasteiger partial charge in [0.1, 0.15) is 5.01 Å². The lowest BCUT2D eigenvalue weighted by molar-refractivity contribution is 0.203. The molecule has 0 spiro atoms. The van der Waals surface area contributed by atoms with Crippen LogP contribution in [0.25, 0.3) is 10.2 Å². The number of aliphatic hydroxyl groups is 1. The second kappa shape index (κ2) is 5.38. The minimum absolute atomic E-state index is 0.0623. The summed E-state index contributed by atoms with van der Waals surface area (Å²) >= 11 is 1.59. The van der Waals surface area contributed by atoms with Crippen molar-refractivity contribution in [1.29, 1.82) is 0 Å². The third-order valence-electron chi connectivity index (χ3n) is 3.65. The number of aromatic nitrogens is 1. The molecule has 1 aliphatic carbocycles. The van der Waals surface area contributed by atoms with Gasteiger partial charge in [-0.05, 0) is 25.0 Å². The molecule has 0 aliphatic heterocycles. The summed E-state index contributed by atoms with van der Waals surface area (Å²) in [5, 5.41) is 15.7. The van der Waals surface area contributed by atoms with Crippen molar-refractivity contribution in [3.63, 3.8) is 0 Å². The summed E-state index contributed by atoms with van der Waals surface area (Å²) in [7, 11) is 0. The number of para-hydroxylation sites is 1. The highest BCUT2D eigenvalue weighted by Gasteiger charge is 2.42. The summed E-state index contributed by atoms with van der Waals surface area (Å²) in [6, 6.07) is 7.72. The van der Waals surface area contributed by atoms with Crippen LogP contribution in [0.15, 0.2) is 24.3 Å². The molecule has 0 bridgehead atoms. The van der Waals surface area contributed by atoms with E-state index in [1.807, 2.05) is 24.3 Å². The summed E-state index contributed by atoms with van der Waals surface area (Å²) < 4.78 is 1.13. The van der Waals surface area contributed by atoms with Gasteiger partial charge in [0.25, 0.3) is 0 Å². The molecule has 3 N–H and O–H groups in total. The molecular formula is C14H17N3O2S. The number of aliphatic hydroxyl groups excluding tert-OH is 1. The SMILES string of the molecule is O=C(NCc1nc2ccccc2s1)NCC1(CO)CC1. The van der Waals surface area contributed by atoms with E-state index in [1.165, 1.54) is 0 Å². The van der Waals surface area contributed by atoms with E-state index in [2.05, 4.69) is 15.6 Å². The van der Waals surface area contributed by atoms with Gasteiger partial charge in [0, 0.05) is 12.0 Å². The highest BCUT2D eigenvalue weighted by molar-refractivity contribution is 7.18. The topological polar surface area (TPSA) is 74.2 Å². The lowest BCUT2D eigenvalue weighted by Crippen LogP contribution is -2.39. The molecule has 1 aliphatic rings. The molecule has 2 aromatic rings. The van der Waals surface area contributed by atoms with Crippen LogP contribution < -0.4 is 10.6 Å². The van der Waals surface area contributed by atoms with Gasteiger partial charge < -0.3 is 15.7 Å². The van der Waals surface area contributed by atoms with Gasteiger partial charge in [-0.25, -0.2) is 9.78 Å². The van der Waals surface area contributed by atoms with E-state index < -0.39 is 0 Å². The van der Waals surface area contributed by atoms with Crippen molar-refractivity contribution < 1.29 is 9.90 Å². The van der Waals surface area contributed by atoms with Crippen LogP contribution in [0.2, 0.25) is 0 Å². The molecule has 3 rings (SSSR count). The van der Waals surface area contributed by atoms with Crippen molar-refractivity contribution in [1.82, 2.24) is 15.6 Å². The number of urea groups is 1. The fraction of sp³-hybridized carbons (Fsp3) is 0.429. The first-order chi connectivity index (χ1) is 9.71. The quantitative estimate of drug-likeness (QED) is 0.787. The average Bonchev–Trinajstić information content (AvgIpc) is 3.14. The van der Waals surface area contributed by atoms with Gasteiger partial charge in [-0.3, -0.25) is 0 Å². The van der Waals surface area contributed by atoms with E-state index >= 15 is 0 Å². The Morgan fingerprint density at radius 2 is 2.15 bits per heavy atom. The normalized spacial score (nSPS) is 16.1. The molecule has 6 heteroatoms. The molecule has 1 fully saturated rings. The Balaban J connectivity index is 1.50. The zero-order valence-corrected chi connectivity index (χ0v) is 11.9. The zero-order valence-electron chi connectivity index (χ0n) is 11.1. The highest BCUT2D eigenvalue weighted by Crippen LogP contribution is 2.44. The van der Waals surface area contributed by atoms with Crippen molar-refractivity contribution in [2.45, 2.75) is 19.4 Å². The van der Waals surface area contributed by atoms with Crippen LogP contribution >= 0.6 is 11.3 Å². The molecule has 1 aromatic heterocycles. The number of fused-ring (bicyclic) bond motifs is 1. The number of nitrogens with zero attached hydrogens (tertiary/aromatic N) is 1. The summed E-state index contributed by atoms with van der Waals surface area (Å²) in [5.41, 5.74) is 0.902. The van der Waals surface area contributed by atoms with Crippen LogP contribution in [-0.2, 0) is 6.54 Å². The predicted octanol–water partition coefficient (Wildman–Crippen LogP) is 1.87. The van der Waals surface area contributed by atoms with E-state index in [-0.39, 0.29) is 18.1 Å². The van der Waals surface area contributed by atoms with Gasteiger partial charge in [-0.1, -0.05) is 12.1 Å². The first kappa shape index (κ1) is 13.3. The van der Waals surface area contributed by atoms with E-state index in [4.69, 9.17) is 0 Å². The van der Waals surface area contributed by atoms with Crippen LogP contribution in [0.4, 0.5) is 4.79 Å². The van der Waals surface area contributed by atoms with Gasteiger partial charge in [0.2, 0.25) is 0 Å². The molecule has 1 aromatic carbocycles. The van der Waals surface area contributed by atoms with Crippen LogP contribution in [-0.4, -0.2) is 29.3 Å². The molecule has 2 amide bonds. The smallest absolute Gasteiger partial charge is 0.315 e. The van der Waals surface area contributed by atoms with Crippen molar-refractivity contribution in [2.75, 3.05) is 13.2 Å². The van der Waals surface area contributed by atoms with E-state index in [1.54, 1.807) is 11.3 Å². The van der Waals surface area contributed by atoms with Crippen molar-refractivity contribution in [3.05, 3.63) is 29.3 Å². The Hall–Kier alpha value is -1.66. The Morgan fingerprint density at radius 3 is 2.85 bits per heavy atom. The molecule has 0 atom stereocenters. The molecule has 106 valence electrons. The van der Waals surface area contributed by atoms with Gasteiger partial charge in [-0.15, -0.1) is 11.3 Å². The minimum atomic E-state index is -0.205. The maximum atomic E-state index is 11.7.